The van der Waals surface area contributed by atoms with Gasteiger partial charge >= 0.3 is 0 Å². The molecule has 0 aliphatic rings. The number of hydrogen-bond donors (Lipinski definition) is 0. The molecule has 0 spiro atoms. The first-order valence-corrected chi connectivity index (χ1v) is 5.84. The van der Waals surface area contributed by atoms with Gasteiger partial charge < -0.3 is 0 Å². The van der Waals surface area contributed by atoms with Gasteiger partial charge in [-0.1, -0.05) is 39.3 Å². The summed E-state index contributed by atoms with van der Waals surface area (Å²) in [5.74, 6) is -0.0311. The van der Waals surface area contributed by atoms with E-state index in [0.717, 1.165) is 5.56 Å². The highest BCUT2D eigenvalue weighted by atomic mass is 19.1. The number of rotatable bonds is 4. The SMILES string of the molecule is CCC.C[C@H](CF)Cc1ccc([N+](=O)[O-])cc1. The summed E-state index contributed by atoms with van der Waals surface area (Å²) in [5.41, 5.74) is 1.00. The molecular weight excluding hydrogens is 221 g/mol. The predicted molar refractivity (Wildman–Crippen MR) is 67.9 cm³/mol. The highest BCUT2D eigenvalue weighted by Crippen LogP contribution is 2.14. The number of alkyl halides is 1. The molecule has 1 rings (SSSR count). The molecule has 0 aliphatic carbocycles. The Kier molecular flexibility index (Phi) is 7.93. The van der Waals surface area contributed by atoms with Crippen LogP contribution in [-0.4, -0.2) is 11.6 Å². The van der Waals surface area contributed by atoms with Crippen LogP contribution >= 0.6 is 0 Å². The lowest BCUT2D eigenvalue weighted by atomic mass is 10.0. The first kappa shape index (κ1) is 15.6. The molecule has 3 nitrogen and oxygen atoms in total. The molecule has 0 N–H and O–H groups in total. The molecule has 0 radical (unpaired) electrons. The maximum Gasteiger partial charge on any atom is 0.269 e. The number of nitrogens with zero attached hydrogens (tertiary/aromatic N) is 1. The summed E-state index contributed by atoms with van der Waals surface area (Å²) in [6.45, 7) is 5.69. The van der Waals surface area contributed by atoms with Crippen molar-refractivity contribution in [1.82, 2.24) is 0 Å². The van der Waals surface area contributed by atoms with Gasteiger partial charge in [-0.3, -0.25) is 14.5 Å². The molecule has 4 heteroatoms. The van der Waals surface area contributed by atoms with Crippen LogP contribution in [0.4, 0.5) is 10.1 Å². The third kappa shape index (κ3) is 6.66. The second kappa shape index (κ2) is 8.67. The van der Waals surface area contributed by atoms with Gasteiger partial charge in [-0.15, -0.1) is 0 Å². The Bertz CT molecular complexity index is 325. The third-order valence-corrected chi connectivity index (χ3v) is 1.99. The average molecular weight is 241 g/mol. The second-order valence-electron chi connectivity index (χ2n) is 4.09. The molecule has 96 valence electrons. The van der Waals surface area contributed by atoms with Crippen LogP contribution in [0.1, 0.15) is 32.8 Å². The van der Waals surface area contributed by atoms with Crippen LogP contribution in [0.25, 0.3) is 0 Å². The summed E-state index contributed by atoms with van der Waals surface area (Å²) < 4.78 is 12.2. The van der Waals surface area contributed by atoms with Gasteiger partial charge in [0.1, 0.15) is 0 Å². The van der Waals surface area contributed by atoms with E-state index < -0.39 is 4.92 Å². The van der Waals surface area contributed by atoms with E-state index in [1.165, 1.54) is 18.6 Å². The molecule has 0 aromatic heterocycles. The van der Waals surface area contributed by atoms with Crippen LogP contribution < -0.4 is 0 Å². The molecule has 0 saturated heterocycles. The van der Waals surface area contributed by atoms with E-state index in [1.807, 2.05) is 0 Å². The van der Waals surface area contributed by atoms with E-state index in [-0.39, 0.29) is 18.3 Å². The maximum atomic E-state index is 12.2. The topological polar surface area (TPSA) is 43.1 Å². The van der Waals surface area contributed by atoms with Gasteiger partial charge in [-0.05, 0) is 17.9 Å². The fraction of sp³-hybridized carbons (Fsp3) is 0.538. The number of nitro groups is 1. The Morgan fingerprint density at radius 1 is 1.29 bits per heavy atom. The summed E-state index contributed by atoms with van der Waals surface area (Å²) >= 11 is 0. The first-order valence-electron chi connectivity index (χ1n) is 5.84. The molecule has 17 heavy (non-hydrogen) atoms. The molecule has 0 bridgehead atoms. The molecular formula is C13H20FNO2. The van der Waals surface area contributed by atoms with E-state index in [9.17, 15) is 14.5 Å². The van der Waals surface area contributed by atoms with Crippen molar-refractivity contribution in [3.63, 3.8) is 0 Å². The lowest BCUT2D eigenvalue weighted by molar-refractivity contribution is -0.384. The lowest BCUT2D eigenvalue weighted by Crippen LogP contribution is -2.01. The Morgan fingerprint density at radius 2 is 1.76 bits per heavy atom. The molecule has 1 aromatic rings. The monoisotopic (exact) mass is 241 g/mol. The van der Waals surface area contributed by atoms with Crippen molar-refractivity contribution in [2.24, 2.45) is 5.92 Å². The van der Waals surface area contributed by atoms with Crippen LogP contribution in [0.15, 0.2) is 24.3 Å². The van der Waals surface area contributed by atoms with Crippen LogP contribution in [0.3, 0.4) is 0 Å². The van der Waals surface area contributed by atoms with Crippen molar-refractivity contribution in [2.75, 3.05) is 6.67 Å². The van der Waals surface area contributed by atoms with Gasteiger partial charge in [-0.2, -0.15) is 0 Å². The van der Waals surface area contributed by atoms with Crippen molar-refractivity contribution in [2.45, 2.75) is 33.6 Å². The zero-order valence-electron chi connectivity index (χ0n) is 10.6. The van der Waals surface area contributed by atoms with Gasteiger partial charge in [0.15, 0.2) is 0 Å². The number of halogens is 1. The minimum atomic E-state index is -0.442. The van der Waals surface area contributed by atoms with Crippen molar-refractivity contribution < 1.29 is 9.31 Å². The molecule has 1 aromatic carbocycles. The van der Waals surface area contributed by atoms with Crippen LogP contribution in [0, 0.1) is 16.0 Å². The zero-order chi connectivity index (χ0) is 13.3. The van der Waals surface area contributed by atoms with Gasteiger partial charge in [0.25, 0.3) is 5.69 Å². The molecule has 0 heterocycles. The van der Waals surface area contributed by atoms with Crippen molar-refractivity contribution in [3.05, 3.63) is 39.9 Å². The Morgan fingerprint density at radius 3 is 2.12 bits per heavy atom. The van der Waals surface area contributed by atoms with Gasteiger partial charge in [0, 0.05) is 12.1 Å². The summed E-state index contributed by atoms with van der Waals surface area (Å²) in [6.07, 6.45) is 1.87. The first-order chi connectivity index (χ1) is 8.04. The quantitative estimate of drug-likeness (QED) is 0.586. The third-order valence-electron chi connectivity index (χ3n) is 1.99. The standard InChI is InChI=1S/C10H12FNO2.C3H8/c1-8(7-11)6-9-2-4-10(5-3-9)12(13)14;1-3-2/h2-5,8H,6-7H2,1H3;3H2,1-2H3/t8-;/m0./s1. The molecule has 0 amide bonds. The Hall–Kier alpha value is -1.45. The highest BCUT2D eigenvalue weighted by Gasteiger charge is 2.06. The number of nitro benzene ring substituents is 1. The number of hydrogen-bond acceptors (Lipinski definition) is 2. The van der Waals surface area contributed by atoms with Gasteiger partial charge in [0.2, 0.25) is 0 Å². The van der Waals surface area contributed by atoms with E-state index >= 15 is 0 Å². The zero-order valence-corrected chi connectivity index (χ0v) is 10.6. The molecule has 1 atom stereocenters. The average Bonchev–Trinajstić information content (AvgIpc) is 2.30. The smallest absolute Gasteiger partial charge is 0.258 e. The normalized spacial score (nSPS) is 11.3. The minimum Gasteiger partial charge on any atom is -0.258 e. The van der Waals surface area contributed by atoms with Crippen molar-refractivity contribution in [1.29, 1.82) is 0 Å². The van der Waals surface area contributed by atoms with Crippen molar-refractivity contribution in [3.8, 4) is 0 Å². The van der Waals surface area contributed by atoms with Crippen LogP contribution in [0.5, 0.6) is 0 Å². The van der Waals surface area contributed by atoms with Crippen molar-refractivity contribution >= 4 is 5.69 Å². The molecule has 0 fully saturated rings. The summed E-state index contributed by atoms with van der Waals surface area (Å²) in [4.78, 5) is 9.89. The van der Waals surface area contributed by atoms with E-state index in [1.54, 1.807) is 19.1 Å². The maximum absolute atomic E-state index is 12.2. The van der Waals surface area contributed by atoms with E-state index in [0.29, 0.717) is 6.42 Å². The Balaban J connectivity index is 0.000000770. The predicted octanol–water partition coefficient (Wildman–Crippen LogP) is 4.16. The number of benzene rings is 1. The summed E-state index contributed by atoms with van der Waals surface area (Å²) in [6, 6.07) is 6.23. The highest BCUT2D eigenvalue weighted by molar-refractivity contribution is 5.32. The molecule has 0 saturated carbocycles. The minimum absolute atomic E-state index is 0.0311. The van der Waals surface area contributed by atoms with Crippen LogP contribution in [-0.2, 0) is 6.42 Å². The number of non-ortho nitro benzene ring substituents is 1. The van der Waals surface area contributed by atoms with E-state index in [4.69, 9.17) is 0 Å². The van der Waals surface area contributed by atoms with Gasteiger partial charge in [0.05, 0.1) is 11.6 Å². The summed E-state index contributed by atoms with van der Waals surface area (Å²) in [5, 5.41) is 10.3. The fourth-order valence-corrected chi connectivity index (χ4v) is 1.21. The van der Waals surface area contributed by atoms with Crippen LogP contribution in [0.2, 0.25) is 0 Å². The van der Waals surface area contributed by atoms with Gasteiger partial charge in [-0.25, -0.2) is 0 Å². The molecule has 0 unspecified atom stereocenters. The fourth-order valence-electron chi connectivity index (χ4n) is 1.21. The largest absolute Gasteiger partial charge is 0.269 e. The van der Waals surface area contributed by atoms with E-state index in [2.05, 4.69) is 13.8 Å². The summed E-state index contributed by atoms with van der Waals surface area (Å²) in [7, 11) is 0. The second-order valence-corrected chi connectivity index (χ2v) is 4.09. The Labute approximate surface area is 102 Å². The lowest BCUT2D eigenvalue weighted by Gasteiger charge is -2.05. The molecule has 0 aliphatic heterocycles.